The molecule has 304 valence electrons. The van der Waals surface area contributed by atoms with E-state index < -0.39 is 18.1 Å². The number of hydrogen-bond acceptors (Lipinski definition) is 7. The molecular formula is C44H81NO7. The molecule has 0 aliphatic heterocycles. The minimum atomic E-state index is -1.13. The molecular weight excluding hydrogens is 654 g/mol. The van der Waals surface area contributed by atoms with Gasteiger partial charge in [0, 0.05) is 19.3 Å². The van der Waals surface area contributed by atoms with Gasteiger partial charge in [-0.25, -0.2) is 0 Å². The fraction of sp³-hybridized carbons (Fsp3) is 0.841. The van der Waals surface area contributed by atoms with Crippen molar-refractivity contribution in [3.05, 3.63) is 24.3 Å². The van der Waals surface area contributed by atoms with Crippen LogP contribution in [0.3, 0.4) is 0 Å². The predicted molar refractivity (Wildman–Crippen MR) is 213 cm³/mol. The number of likely N-dealkylation sites (N-methyl/N-ethyl adjacent to an activating group) is 1. The third kappa shape index (κ3) is 33.6. The number of carboxylic acid groups (broad SMARTS) is 1. The fourth-order valence-electron chi connectivity index (χ4n) is 6.16. The van der Waals surface area contributed by atoms with E-state index in [0.29, 0.717) is 12.8 Å². The van der Waals surface area contributed by atoms with E-state index in [9.17, 15) is 19.5 Å². The lowest BCUT2D eigenvalue weighted by Crippen LogP contribution is -2.55. The summed E-state index contributed by atoms with van der Waals surface area (Å²) in [6.45, 7) is 4.61. The number of carbonyl (C=O) groups excluding carboxylic acids is 3. The van der Waals surface area contributed by atoms with E-state index in [1.165, 1.54) is 103 Å². The van der Waals surface area contributed by atoms with Crippen molar-refractivity contribution in [2.75, 3.05) is 41.0 Å². The van der Waals surface area contributed by atoms with E-state index >= 15 is 0 Å². The van der Waals surface area contributed by atoms with Crippen LogP contribution in [-0.2, 0) is 28.6 Å². The van der Waals surface area contributed by atoms with Gasteiger partial charge in [-0.1, -0.05) is 134 Å². The number of nitrogens with zero attached hydrogens (tertiary/aromatic N) is 1. The number of carbonyl (C=O) groups is 3. The third-order valence-electron chi connectivity index (χ3n) is 9.56. The van der Waals surface area contributed by atoms with Crippen molar-refractivity contribution in [1.29, 1.82) is 0 Å². The number of carboxylic acids is 1. The van der Waals surface area contributed by atoms with Crippen molar-refractivity contribution in [2.24, 2.45) is 0 Å². The maximum absolute atomic E-state index is 12.7. The van der Waals surface area contributed by atoms with Gasteiger partial charge in [0.15, 0.2) is 6.10 Å². The highest BCUT2D eigenvalue weighted by Gasteiger charge is 2.25. The molecule has 0 saturated heterocycles. The molecule has 8 heteroatoms. The molecule has 0 N–H and O–H groups in total. The highest BCUT2D eigenvalue weighted by atomic mass is 16.6. The summed E-state index contributed by atoms with van der Waals surface area (Å²) >= 11 is 0. The van der Waals surface area contributed by atoms with E-state index in [4.69, 9.17) is 14.2 Å². The van der Waals surface area contributed by atoms with E-state index in [-0.39, 0.29) is 42.7 Å². The second-order valence-corrected chi connectivity index (χ2v) is 15.6. The van der Waals surface area contributed by atoms with Crippen molar-refractivity contribution >= 4 is 17.9 Å². The number of aliphatic carboxylic acids is 1. The molecule has 0 rings (SSSR count). The highest BCUT2D eigenvalue weighted by Crippen LogP contribution is 2.14. The Morgan fingerprint density at radius 3 is 1.44 bits per heavy atom. The van der Waals surface area contributed by atoms with Gasteiger partial charge in [0.1, 0.15) is 12.6 Å². The van der Waals surface area contributed by atoms with Crippen LogP contribution >= 0.6 is 0 Å². The minimum Gasteiger partial charge on any atom is -0.544 e. The van der Waals surface area contributed by atoms with Crippen LogP contribution in [0.4, 0.5) is 0 Å². The Balaban J connectivity index is 4.35. The van der Waals surface area contributed by atoms with Crippen LogP contribution in [0.2, 0.25) is 0 Å². The van der Waals surface area contributed by atoms with Crippen molar-refractivity contribution in [2.45, 2.75) is 199 Å². The average molecular weight is 736 g/mol. The number of unbranched alkanes of at least 4 members (excludes halogenated alkanes) is 20. The molecule has 0 aromatic carbocycles. The SMILES string of the molecule is CCCC/C=C/CCCCCCCC(=O)OCC(COCCC(C(=O)[O-])[N+](C)(C)C)OC(=O)CCCCCCCCC/C=C/CCCCCCCC. The van der Waals surface area contributed by atoms with Crippen molar-refractivity contribution in [3.8, 4) is 0 Å². The molecule has 52 heavy (non-hydrogen) atoms. The molecule has 0 aromatic rings. The molecule has 0 bridgehead atoms. The molecule has 8 nitrogen and oxygen atoms in total. The van der Waals surface area contributed by atoms with Gasteiger partial charge in [0.2, 0.25) is 0 Å². The largest absolute Gasteiger partial charge is 0.544 e. The zero-order valence-corrected chi connectivity index (χ0v) is 34.5. The Bertz CT molecular complexity index is 911. The zero-order valence-electron chi connectivity index (χ0n) is 34.5. The first-order valence-electron chi connectivity index (χ1n) is 21.4. The van der Waals surface area contributed by atoms with E-state index in [1.807, 2.05) is 0 Å². The van der Waals surface area contributed by atoms with Crippen LogP contribution in [-0.4, -0.2) is 75.5 Å². The third-order valence-corrected chi connectivity index (χ3v) is 9.56. The quantitative estimate of drug-likeness (QED) is 0.0269. The summed E-state index contributed by atoms with van der Waals surface area (Å²) in [7, 11) is 5.40. The first-order valence-corrected chi connectivity index (χ1v) is 21.4. The van der Waals surface area contributed by atoms with Gasteiger partial charge in [0.05, 0.1) is 40.3 Å². The Morgan fingerprint density at radius 2 is 0.981 bits per heavy atom. The summed E-state index contributed by atoms with van der Waals surface area (Å²) in [4.78, 5) is 36.7. The number of rotatable bonds is 38. The van der Waals surface area contributed by atoms with Crippen LogP contribution in [0, 0.1) is 0 Å². The number of allylic oxidation sites excluding steroid dienone is 4. The topological polar surface area (TPSA) is 102 Å². The molecule has 0 fully saturated rings. The molecule has 0 aromatic heterocycles. The van der Waals surface area contributed by atoms with Gasteiger partial charge in [-0.05, 0) is 57.8 Å². The normalized spacial score (nSPS) is 13.2. The lowest BCUT2D eigenvalue weighted by Gasteiger charge is -2.34. The first kappa shape index (κ1) is 49.8. The molecule has 2 unspecified atom stereocenters. The lowest BCUT2D eigenvalue weighted by molar-refractivity contribution is -0.889. The number of quaternary nitrogens is 1. The number of hydrogen-bond donors (Lipinski definition) is 0. The average Bonchev–Trinajstić information content (AvgIpc) is 3.09. The minimum absolute atomic E-state index is 0.0387. The Labute approximate surface area is 320 Å². The number of ether oxygens (including phenoxy) is 3. The molecule has 0 aliphatic rings. The standard InChI is InChI=1S/C44H81NO7/c1-6-8-10-12-14-16-18-19-20-21-22-23-25-27-29-31-33-35-43(47)52-40(38-50-37-36-41(44(48)49)45(3,4)5)39-51-42(46)34-32-30-28-26-24-17-15-13-11-9-7-2/h13,15,19-20,40-41H,6-12,14,16-18,21-39H2,1-5H3/b15-13+,20-19+. The zero-order chi connectivity index (χ0) is 38.5. The van der Waals surface area contributed by atoms with Gasteiger partial charge in [0.25, 0.3) is 0 Å². The van der Waals surface area contributed by atoms with E-state index in [0.717, 1.165) is 51.4 Å². The maximum atomic E-state index is 12.7. The first-order chi connectivity index (χ1) is 25.1. The van der Waals surface area contributed by atoms with Gasteiger partial charge in [-0.3, -0.25) is 9.59 Å². The van der Waals surface area contributed by atoms with Crippen LogP contribution in [0.25, 0.3) is 0 Å². The summed E-state index contributed by atoms with van der Waals surface area (Å²) in [6.07, 6.45) is 37.7. The van der Waals surface area contributed by atoms with E-state index in [1.54, 1.807) is 21.1 Å². The van der Waals surface area contributed by atoms with Crippen LogP contribution < -0.4 is 5.11 Å². The summed E-state index contributed by atoms with van der Waals surface area (Å²) in [5.41, 5.74) is 0. The predicted octanol–water partition coefficient (Wildman–Crippen LogP) is 9.97. The van der Waals surface area contributed by atoms with Crippen molar-refractivity contribution < 1.29 is 38.2 Å². The molecule has 0 spiro atoms. The maximum Gasteiger partial charge on any atom is 0.306 e. The van der Waals surface area contributed by atoms with Crippen LogP contribution in [0.1, 0.15) is 187 Å². The van der Waals surface area contributed by atoms with Crippen LogP contribution in [0.5, 0.6) is 0 Å². The Morgan fingerprint density at radius 1 is 0.558 bits per heavy atom. The molecule has 0 saturated carbocycles. The second-order valence-electron chi connectivity index (χ2n) is 15.6. The fourth-order valence-corrected chi connectivity index (χ4v) is 6.16. The molecule has 0 heterocycles. The summed E-state index contributed by atoms with van der Waals surface area (Å²) in [5.74, 6) is -1.75. The van der Waals surface area contributed by atoms with Gasteiger partial charge >= 0.3 is 11.9 Å². The monoisotopic (exact) mass is 736 g/mol. The van der Waals surface area contributed by atoms with Gasteiger partial charge in [-0.15, -0.1) is 0 Å². The number of esters is 2. The summed E-state index contributed by atoms with van der Waals surface area (Å²) in [5, 5.41) is 11.6. The van der Waals surface area contributed by atoms with E-state index in [2.05, 4.69) is 38.2 Å². The highest BCUT2D eigenvalue weighted by molar-refractivity contribution is 5.70. The van der Waals surface area contributed by atoms with Crippen molar-refractivity contribution in [3.63, 3.8) is 0 Å². The molecule has 0 aliphatic carbocycles. The Kier molecular flexibility index (Phi) is 34.3. The molecule has 0 radical (unpaired) electrons. The van der Waals surface area contributed by atoms with Crippen molar-refractivity contribution in [1.82, 2.24) is 0 Å². The van der Waals surface area contributed by atoms with Gasteiger partial charge < -0.3 is 28.6 Å². The van der Waals surface area contributed by atoms with Crippen LogP contribution in [0.15, 0.2) is 24.3 Å². The molecule has 0 amide bonds. The Hall–Kier alpha value is -2.19. The lowest BCUT2D eigenvalue weighted by atomic mass is 10.1. The van der Waals surface area contributed by atoms with Gasteiger partial charge in [-0.2, -0.15) is 0 Å². The summed E-state index contributed by atoms with van der Waals surface area (Å²) in [6, 6.07) is -0.724. The second kappa shape index (κ2) is 35.8. The smallest absolute Gasteiger partial charge is 0.306 e. The summed E-state index contributed by atoms with van der Waals surface area (Å²) < 4.78 is 17.1. The molecule has 2 atom stereocenters.